The van der Waals surface area contributed by atoms with E-state index < -0.39 is 0 Å². The van der Waals surface area contributed by atoms with E-state index in [1.807, 2.05) is 50.1 Å². The summed E-state index contributed by atoms with van der Waals surface area (Å²) in [6.45, 7) is 5.41. The lowest BCUT2D eigenvalue weighted by atomic mass is 10.3. The molecule has 0 unspecified atom stereocenters. The molecule has 1 aromatic heterocycles. The number of para-hydroxylation sites is 2. The van der Waals surface area contributed by atoms with Crippen LogP contribution in [0.15, 0.2) is 24.3 Å². The summed E-state index contributed by atoms with van der Waals surface area (Å²) in [6.07, 6.45) is 0.230. The van der Waals surface area contributed by atoms with Gasteiger partial charge < -0.3 is 15.4 Å². The van der Waals surface area contributed by atoms with Gasteiger partial charge in [-0.25, -0.2) is 9.97 Å². The van der Waals surface area contributed by atoms with Gasteiger partial charge in [0.25, 0.3) is 0 Å². The van der Waals surface area contributed by atoms with Gasteiger partial charge in [-0.15, -0.1) is 0 Å². The largest absolute Gasteiger partial charge is 0.381 e. The van der Waals surface area contributed by atoms with Crippen molar-refractivity contribution in [3.63, 3.8) is 0 Å². The second-order valence-electron chi connectivity index (χ2n) is 4.76. The van der Waals surface area contributed by atoms with Crippen LogP contribution in [0.1, 0.15) is 13.8 Å². The maximum Gasteiger partial charge on any atom is 0.172 e. The number of fused-ring (bicyclic) bond motifs is 1. The molecule has 0 atom stereocenters. The van der Waals surface area contributed by atoms with Crippen molar-refractivity contribution in [3.8, 4) is 0 Å². The predicted molar refractivity (Wildman–Crippen MR) is 78.3 cm³/mol. The van der Waals surface area contributed by atoms with E-state index >= 15 is 0 Å². The number of nitrogen functional groups attached to an aromatic ring is 1. The molecule has 0 spiro atoms. The number of hydrogen-bond donors (Lipinski definition) is 1. The normalized spacial score (nSPS) is 11.2. The van der Waals surface area contributed by atoms with E-state index in [2.05, 4.69) is 9.97 Å². The Morgan fingerprint density at radius 3 is 2.47 bits per heavy atom. The first-order chi connectivity index (χ1) is 9.08. The Labute approximate surface area is 113 Å². The summed E-state index contributed by atoms with van der Waals surface area (Å²) in [6, 6.07) is 7.71. The average Bonchev–Trinajstić information content (AvgIpc) is 2.37. The van der Waals surface area contributed by atoms with Crippen molar-refractivity contribution in [1.82, 2.24) is 9.97 Å². The van der Waals surface area contributed by atoms with Crippen LogP contribution in [0.5, 0.6) is 0 Å². The van der Waals surface area contributed by atoms with Crippen LogP contribution in [0.3, 0.4) is 0 Å². The summed E-state index contributed by atoms with van der Waals surface area (Å²) in [7, 11) is 1.94. The first-order valence-electron chi connectivity index (χ1n) is 6.43. The number of nitrogens with zero attached hydrogens (tertiary/aromatic N) is 3. The van der Waals surface area contributed by atoms with Crippen LogP contribution in [0.25, 0.3) is 11.0 Å². The maximum absolute atomic E-state index is 5.96. The molecule has 1 heterocycles. The van der Waals surface area contributed by atoms with Gasteiger partial charge in [-0.2, -0.15) is 0 Å². The van der Waals surface area contributed by atoms with Crippen LogP contribution < -0.4 is 10.6 Å². The minimum atomic E-state index is 0.230. The Morgan fingerprint density at radius 2 is 1.84 bits per heavy atom. The van der Waals surface area contributed by atoms with Crippen molar-refractivity contribution in [2.24, 2.45) is 0 Å². The summed E-state index contributed by atoms with van der Waals surface area (Å²) < 4.78 is 5.53. The smallest absolute Gasteiger partial charge is 0.172 e. The molecule has 2 N–H and O–H groups in total. The molecule has 2 aromatic rings. The van der Waals surface area contributed by atoms with E-state index in [-0.39, 0.29) is 6.10 Å². The average molecular weight is 260 g/mol. The van der Waals surface area contributed by atoms with E-state index in [9.17, 15) is 0 Å². The molecule has 5 heteroatoms. The molecule has 0 aliphatic carbocycles. The first-order valence-corrected chi connectivity index (χ1v) is 6.43. The van der Waals surface area contributed by atoms with Gasteiger partial charge >= 0.3 is 0 Å². The molecule has 0 amide bonds. The maximum atomic E-state index is 5.96. The Bertz CT molecular complexity index is 556. The summed E-state index contributed by atoms with van der Waals surface area (Å²) in [5.41, 5.74) is 7.63. The molecule has 0 aliphatic rings. The Hall–Kier alpha value is -1.88. The monoisotopic (exact) mass is 260 g/mol. The van der Waals surface area contributed by atoms with Crippen LogP contribution in [-0.2, 0) is 4.74 Å². The lowest BCUT2D eigenvalue weighted by molar-refractivity contribution is 0.0845. The van der Waals surface area contributed by atoms with Crippen molar-refractivity contribution in [1.29, 1.82) is 0 Å². The number of anilines is 2. The van der Waals surface area contributed by atoms with Gasteiger partial charge in [0, 0.05) is 13.6 Å². The number of aromatic nitrogens is 2. The van der Waals surface area contributed by atoms with E-state index in [1.54, 1.807) is 0 Å². The molecule has 1 aromatic carbocycles. The molecule has 0 radical (unpaired) electrons. The molecule has 0 saturated heterocycles. The fraction of sp³-hybridized carbons (Fsp3) is 0.429. The molecular formula is C14H20N4O. The fourth-order valence-electron chi connectivity index (χ4n) is 1.82. The van der Waals surface area contributed by atoms with Crippen molar-refractivity contribution in [3.05, 3.63) is 24.3 Å². The molecular weight excluding hydrogens is 240 g/mol. The number of rotatable bonds is 5. The molecule has 2 rings (SSSR count). The third-order valence-corrected chi connectivity index (χ3v) is 2.82. The van der Waals surface area contributed by atoms with Crippen LogP contribution in [0.2, 0.25) is 0 Å². The minimum Gasteiger partial charge on any atom is -0.381 e. The number of hydrogen-bond acceptors (Lipinski definition) is 5. The molecule has 0 aliphatic heterocycles. The quantitative estimate of drug-likeness (QED) is 0.891. The van der Waals surface area contributed by atoms with Gasteiger partial charge in [0.05, 0.1) is 23.7 Å². The van der Waals surface area contributed by atoms with E-state index in [0.29, 0.717) is 18.2 Å². The standard InChI is InChI=1S/C14H20N4O/c1-10(2)19-9-8-18(3)14-13(15)16-11-6-4-5-7-12(11)17-14/h4-7,10H,8-9H2,1-3H3,(H2,15,16). The molecule has 0 saturated carbocycles. The van der Waals surface area contributed by atoms with Gasteiger partial charge in [-0.05, 0) is 26.0 Å². The van der Waals surface area contributed by atoms with Crippen LogP contribution in [-0.4, -0.2) is 36.3 Å². The van der Waals surface area contributed by atoms with Crippen molar-refractivity contribution < 1.29 is 4.74 Å². The SMILES string of the molecule is CC(C)OCCN(C)c1nc2ccccc2nc1N. The van der Waals surface area contributed by atoms with Crippen LogP contribution >= 0.6 is 0 Å². The number of likely N-dealkylation sites (N-methyl/N-ethyl adjacent to an activating group) is 1. The van der Waals surface area contributed by atoms with Gasteiger partial charge in [0.2, 0.25) is 0 Å². The number of benzene rings is 1. The second kappa shape index (κ2) is 5.84. The third-order valence-electron chi connectivity index (χ3n) is 2.82. The predicted octanol–water partition coefficient (Wildman–Crippen LogP) is 2.07. The minimum absolute atomic E-state index is 0.230. The lowest BCUT2D eigenvalue weighted by Crippen LogP contribution is -2.26. The molecule has 0 bridgehead atoms. The van der Waals surface area contributed by atoms with E-state index in [4.69, 9.17) is 10.5 Å². The Kier molecular flexibility index (Phi) is 4.16. The van der Waals surface area contributed by atoms with Crippen LogP contribution in [0, 0.1) is 0 Å². The van der Waals surface area contributed by atoms with Gasteiger partial charge in [0.15, 0.2) is 11.6 Å². The lowest BCUT2D eigenvalue weighted by Gasteiger charge is -2.20. The van der Waals surface area contributed by atoms with Gasteiger partial charge in [-0.3, -0.25) is 0 Å². The van der Waals surface area contributed by atoms with Crippen LogP contribution in [0.4, 0.5) is 11.6 Å². The summed E-state index contributed by atoms with van der Waals surface area (Å²) in [5, 5.41) is 0. The zero-order valence-electron chi connectivity index (χ0n) is 11.6. The molecule has 5 nitrogen and oxygen atoms in total. The Balaban J connectivity index is 2.16. The van der Waals surface area contributed by atoms with E-state index in [0.717, 1.165) is 17.6 Å². The van der Waals surface area contributed by atoms with E-state index in [1.165, 1.54) is 0 Å². The summed E-state index contributed by atoms with van der Waals surface area (Å²) in [4.78, 5) is 10.9. The highest BCUT2D eigenvalue weighted by molar-refractivity contribution is 5.79. The zero-order valence-corrected chi connectivity index (χ0v) is 11.6. The Morgan fingerprint density at radius 1 is 1.21 bits per heavy atom. The highest BCUT2D eigenvalue weighted by atomic mass is 16.5. The van der Waals surface area contributed by atoms with Crippen molar-refractivity contribution >= 4 is 22.7 Å². The highest BCUT2D eigenvalue weighted by Gasteiger charge is 2.10. The topological polar surface area (TPSA) is 64.3 Å². The highest BCUT2D eigenvalue weighted by Crippen LogP contribution is 2.21. The van der Waals surface area contributed by atoms with Crippen molar-refractivity contribution in [2.75, 3.05) is 30.8 Å². The summed E-state index contributed by atoms with van der Waals surface area (Å²) >= 11 is 0. The van der Waals surface area contributed by atoms with Crippen molar-refractivity contribution in [2.45, 2.75) is 20.0 Å². The molecule has 19 heavy (non-hydrogen) atoms. The zero-order chi connectivity index (χ0) is 13.8. The van der Waals surface area contributed by atoms with Gasteiger partial charge in [0.1, 0.15) is 0 Å². The van der Waals surface area contributed by atoms with Gasteiger partial charge in [-0.1, -0.05) is 12.1 Å². The number of nitrogens with two attached hydrogens (primary N) is 1. The third kappa shape index (κ3) is 3.32. The molecule has 102 valence electrons. The fourth-order valence-corrected chi connectivity index (χ4v) is 1.82. The number of ether oxygens (including phenoxy) is 1. The second-order valence-corrected chi connectivity index (χ2v) is 4.76. The first kappa shape index (κ1) is 13.5. The summed E-state index contributed by atoms with van der Waals surface area (Å²) in [5.74, 6) is 1.15. The molecule has 0 fully saturated rings.